The van der Waals surface area contributed by atoms with Crippen LogP contribution in [0.3, 0.4) is 0 Å². The zero-order valence-corrected chi connectivity index (χ0v) is 10.5. The van der Waals surface area contributed by atoms with Gasteiger partial charge in [-0.05, 0) is 31.7 Å². The largest absolute Gasteiger partial charge is 0.417 e. The Labute approximate surface area is 109 Å². The SMILES string of the molecule is CNC1CCN(c2ccc(C#N)c(C(F)(F)F)c2)C1. The van der Waals surface area contributed by atoms with Crippen molar-refractivity contribution < 1.29 is 13.2 Å². The average molecular weight is 269 g/mol. The van der Waals surface area contributed by atoms with Crippen molar-refractivity contribution in [3.8, 4) is 6.07 Å². The molecule has 1 fully saturated rings. The molecule has 102 valence electrons. The van der Waals surface area contributed by atoms with E-state index in [0.717, 1.165) is 12.5 Å². The van der Waals surface area contributed by atoms with Gasteiger partial charge in [-0.1, -0.05) is 0 Å². The van der Waals surface area contributed by atoms with E-state index >= 15 is 0 Å². The lowest BCUT2D eigenvalue weighted by Gasteiger charge is -2.20. The van der Waals surface area contributed by atoms with Crippen molar-refractivity contribution in [3.63, 3.8) is 0 Å². The van der Waals surface area contributed by atoms with Crippen molar-refractivity contribution in [2.75, 3.05) is 25.0 Å². The van der Waals surface area contributed by atoms with Gasteiger partial charge >= 0.3 is 6.18 Å². The summed E-state index contributed by atoms with van der Waals surface area (Å²) in [6.07, 6.45) is -3.60. The molecule has 0 saturated carbocycles. The second-order valence-electron chi connectivity index (χ2n) is 4.56. The summed E-state index contributed by atoms with van der Waals surface area (Å²) in [6.45, 7) is 1.40. The van der Waals surface area contributed by atoms with Gasteiger partial charge in [-0.25, -0.2) is 0 Å². The molecule has 3 nitrogen and oxygen atoms in total. The maximum atomic E-state index is 12.9. The highest BCUT2D eigenvalue weighted by Crippen LogP contribution is 2.35. The van der Waals surface area contributed by atoms with E-state index < -0.39 is 11.7 Å². The van der Waals surface area contributed by atoms with Gasteiger partial charge in [0.1, 0.15) is 0 Å². The number of likely N-dealkylation sites (N-methyl/N-ethyl adjacent to an activating group) is 1. The van der Waals surface area contributed by atoms with E-state index in [1.54, 1.807) is 12.1 Å². The van der Waals surface area contributed by atoms with E-state index in [4.69, 9.17) is 5.26 Å². The number of hydrogen-bond acceptors (Lipinski definition) is 3. The molecule has 0 spiro atoms. The Morgan fingerprint density at radius 2 is 2.16 bits per heavy atom. The summed E-state index contributed by atoms with van der Waals surface area (Å²) in [7, 11) is 1.84. The van der Waals surface area contributed by atoms with Crippen LogP contribution in [-0.4, -0.2) is 26.2 Å². The average Bonchev–Trinajstić information content (AvgIpc) is 2.85. The van der Waals surface area contributed by atoms with Crippen LogP contribution in [0, 0.1) is 11.3 Å². The van der Waals surface area contributed by atoms with Crippen LogP contribution in [-0.2, 0) is 6.18 Å². The van der Waals surface area contributed by atoms with E-state index in [0.29, 0.717) is 24.8 Å². The first-order valence-corrected chi connectivity index (χ1v) is 5.99. The fourth-order valence-electron chi connectivity index (χ4n) is 2.29. The molecule has 1 aliphatic rings. The molecule has 0 aromatic heterocycles. The van der Waals surface area contributed by atoms with Gasteiger partial charge in [0.2, 0.25) is 0 Å². The molecular weight excluding hydrogens is 255 g/mol. The molecule has 0 radical (unpaired) electrons. The van der Waals surface area contributed by atoms with E-state index in [2.05, 4.69) is 5.32 Å². The number of nitrogens with one attached hydrogen (secondary N) is 1. The van der Waals surface area contributed by atoms with Crippen LogP contribution in [0.1, 0.15) is 17.5 Å². The minimum absolute atomic E-state index is 0.296. The number of nitriles is 1. The summed E-state index contributed by atoms with van der Waals surface area (Å²) in [6, 6.07) is 5.77. The van der Waals surface area contributed by atoms with Crippen molar-refractivity contribution in [1.29, 1.82) is 5.26 Å². The van der Waals surface area contributed by atoms with Crippen LogP contribution >= 0.6 is 0 Å². The zero-order valence-electron chi connectivity index (χ0n) is 10.5. The molecule has 1 heterocycles. The number of rotatable bonds is 2. The number of hydrogen-bond donors (Lipinski definition) is 1. The van der Waals surface area contributed by atoms with E-state index in [1.807, 2.05) is 11.9 Å². The highest BCUT2D eigenvalue weighted by Gasteiger charge is 2.34. The van der Waals surface area contributed by atoms with Gasteiger partial charge < -0.3 is 10.2 Å². The molecule has 0 amide bonds. The van der Waals surface area contributed by atoms with Crippen LogP contribution in [0.4, 0.5) is 18.9 Å². The molecule has 0 bridgehead atoms. The number of anilines is 1. The van der Waals surface area contributed by atoms with Crippen molar-refractivity contribution in [2.24, 2.45) is 0 Å². The lowest BCUT2D eigenvalue weighted by Crippen LogP contribution is -2.29. The highest BCUT2D eigenvalue weighted by atomic mass is 19.4. The first-order chi connectivity index (χ1) is 8.95. The van der Waals surface area contributed by atoms with Crippen molar-refractivity contribution in [3.05, 3.63) is 29.3 Å². The molecule has 1 saturated heterocycles. The Kier molecular flexibility index (Phi) is 3.67. The summed E-state index contributed by atoms with van der Waals surface area (Å²) in [5, 5.41) is 11.9. The molecule has 2 rings (SSSR count). The highest BCUT2D eigenvalue weighted by molar-refractivity contribution is 5.55. The predicted octanol–water partition coefficient (Wildman–Crippen LogP) is 2.38. The Hall–Kier alpha value is -1.74. The molecule has 1 unspecified atom stereocenters. The smallest absolute Gasteiger partial charge is 0.370 e. The third kappa shape index (κ3) is 2.82. The summed E-state index contributed by atoms with van der Waals surface area (Å²) < 4.78 is 38.6. The zero-order chi connectivity index (χ0) is 14.0. The summed E-state index contributed by atoms with van der Waals surface area (Å²) in [4.78, 5) is 1.90. The van der Waals surface area contributed by atoms with Crippen molar-refractivity contribution in [2.45, 2.75) is 18.6 Å². The first kappa shape index (κ1) is 13.7. The molecule has 6 heteroatoms. The monoisotopic (exact) mass is 269 g/mol. The van der Waals surface area contributed by atoms with Crippen molar-refractivity contribution in [1.82, 2.24) is 5.32 Å². The van der Waals surface area contributed by atoms with Crippen LogP contribution in [0.15, 0.2) is 18.2 Å². The van der Waals surface area contributed by atoms with Crippen molar-refractivity contribution >= 4 is 5.69 Å². The summed E-state index contributed by atoms with van der Waals surface area (Å²) in [5.41, 5.74) is -0.676. The Balaban J connectivity index is 2.32. The number of halogens is 3. The lowest BCUT2D eigenvalue weighted by molar-refractivity contribution is -0.137. The standard InChI is InChI=1S/C13H14F3N3/c1-18-10-4-5-19(8-10)11-3-2-9(7-17)12(6-11)13(14,15)16/h2-3,6,10,18H,4-5,8H2,1H3. The third-order valence-electron chi connectivity index (χ3n) is 3.39. The minimum Gasteiger partial charge on any atom is -0.370 e. The minimum atomic E-state index is -4.50. The molecule has 1 aromatic carbocycles. The lowest BCUT2D eigenvalue weighted by atomic mass is 10.1. The van der Waals surface area contributed by atoms with Crippen LogP contribution < -0.4 is 10.2 Å². The summed E-state index contributed by atoms with van der Waals surface area (Å²) in [5.74, 6) is 0. The number of alkyl halides is 3. The fraction of sp³-hybridized carbons (Fsp3) is 0.462. The summed E-state index contributed by atoms with van der Waals surface area (Å²) >= 11 is 0. The molecule has 19 heavy (non-hydrogen) atoms. The van der Waals surface area contributed by atoms with Gasteiger partial charge in [-0.15, -0.1) is 0 Å². The Morgan fingerprint density at radius 3 is 2.68 bits per heavy atom. The quantitative estimate of drug-likeness (QED) is 0.896. The van der Waals surface area contributed by atoms with Gasteiger partial charge in [0.25, 0.3) is 0 Å². The van der Waals surface area contributed by atoms with E-state index in [1.165, 1.54) is 6.07 Å². The van der Waals surface area contributed by atoms with Gasteiger partial charge in [0.05, 0.1) is 17.2 Å². The Morgan fingerprint density at radius 1 is 1.42 bits per heavy atom. The topological polar surface area (TPSA) is 39.1 Å². The predicted molar refractivity (Wildman–Crippen MR) is 65.8 cm³/mol. The van der Waals surface area contributed by atoms with Gasteiger partial charge in [-0.3, -0.25) is 0 Å². The van der Waals surface area contributed by atoms with Gasteiger partial charge in [-0.2, -0.15) is 18.4 Å². The maximum absolute atomic E-state index is 12.9. The second kappa shape index (κ2) is 5.10. The maximum Gasteiger partial charge on any atom is 0.417 e. The molecule has 0 aliphatic carbocycles. The molecule has 1 aliphatic heterocycles. The third-order valence-corrected chi connectivity index (χ3v) is 3.39. The molecule has 1 atom stereocenters. The van der Waals surface area contributed by atoms with Crippen LogP contribution in [0.5, 0.6) is 0 Å². The molecule has 1 N–H and O–H groups in total. The van der Waals surface area contributed by atoms with Gasteiger partial charge in [0.15, 0.2) is 0 Å². The second-order valence-corrected chi connectivity index (χ2v) is 4.56. The molecule has 1 aromatic rings. The van der Waals surface area contributed by atoms with Gasteiger partial charge in [0, 0.05) is 24.8 Å². The fourth-order valence-corrected chi connectivity index (χ4v) is 2.29. The van der Waals surface area contributed by atoms with E-state index in [9.17, 15) is 13.2 Å². The van der Waals surface area contributed by atoms with E-state index in [-0.39, 0.29) is 5.56 Å². The van der Waals surface area contributed by atoms with Crippen LogP contribution in [0.25, 0.3) is 0 Å². The van der Waals surface area contributed by atoms with Crippen LogP contribution in [0.2, 0.25) is 0 Å². The normalized spacial score (nSPS) is 19.5. The molecular formula is C13H14F3N3. The number of benzene rings is 1. The first-order valence-electron chi connectivity index (χ1n) is 5.99. The number of nitrogens with zero attached hydrogens (tertiary/aromatic N) is 2. The Bertz CT molecular complexity index is 505.